The van der Waals surface area contributed by atoms with Crippen LogP contribution in [0.25, 0.3) is 0 Å². The molecule has 1 atom stereocenters. The second-order valence-corrected chi connectivity index (χ2v) is 14.7. The number of rotatable bonds is 7. The number of carbonyl (C=O) groups is 1. The van der Waals surface area contributed by atoms with Gasteiger partial charge in [0.05, 0.1) is 26.5 Å². The van der Waals surface area contributed by atoms with Crippen molar-refractivity contribution in [3.8, 4) is 0 Å². The molecular weight excluding hydrogens is 586 g/mol. The Morgan fingerprint density at radius 3 is 2.12 bits per heavy atom. The monoisotopic (exact) mass is 612 g/mol. The second-order valence-electron chi connectivity index (χ2n) is 10.1. The number of amides is 1. The molecule has 2 aliphatic rings. The van der Waals surface area contributed by atoms with Gasteiger partial charge in [-0.25, -0.2) is 21.8 Å². The summed E-state index contributed by atoms with van der Waals surface area (Å²) in [4.78, 5) is 17.4. The smallest absolute Gasteiger partial charge is 0.339 e. The first-order chi connectivity index (χ1) is 18.4. The molecule has 220 valence electrons. The van der Waals surface area contributed by atoms with Gasteiger partial charge in [0.1, 0.15) is 5.69 Å². The molecule has 1 saturated heterocycles. The van der Waals surface area contributed by atoms with Gasteiger partial charge in [-0.2, -0.15) is 26.3 Å². The molecular formula is C25H26F6N2O5S2. The maximum Gasteiger partial charge on any atom is 0.433 e. The van der Waals surface area contributed by atoms with E-state index in [1.807, 2.05) is 0 Å². The molecule has 0 spiro atoms. The first kappa shape index (κ1) is 30.3. The number of hydrogen-bond donors (Lipinski definition) is 0. The Bertz CT molecular complexity index is 1490. The van der Waals surface area contributed by atoms with Crippen LogP contribution in [0.5, 0.6) is 0 Å². The number of piperidine rings is 1. The normalized spacial score (nSPS) is 18.5. The molecule has 2 aromatic rings. The predicted octanol–water partition coefficient (Wildman–Crippen LogP) is 5.16. The molecule has 1 aliphatic carbocycles. The molecule has 2 fully saturated rings. The summed E-state index contributed by atoms with van der Waals surface area (Å²) in [6.45, 7) is 1.57. The van der Waals surface area contributed by atoms with Crippen LogP contribution in [0, 0.1) is 5.92 Å². The number of likely N-dealkylation sites (tertiary alicyclic amines) is 1. The highest BCUT2D eigenvalue weighted by Gasteiger charge is 2.43. The third-order valence-electron chi connectivity index (χ3n) is 7.20. The highest BCUT2D eigenvalue weighted by molar-refractivity contribution is 7.92. The largest absolute Gasteiger partial charge is 0.433 e. The van der Waals surface area contributed by atoms with Crippen molar-refractivity contribution in [3.63, 3.8) is 0 Å². The third kappa shape index (κ3) is 6.29. The first-order valence-corrected chi connectivity index (χ1v) is 15.5. The Morgan fingerprint density at radius 2 is 1.57 bits per heavy atom. The lowest BCUT2D eigenvalue weighted by Gasteiger charge is -2.33. The zero-order valence-electron chi connectivity index (χ0n) is 21.2. The van der Waals surface area contributed by atoms with Crippen LogP contribution < -0.4 is 0 Å². The van der Waals surface area contributed by atoms with Crippen molar-refractivity contribution in [2.24, 2.45) is 5.92 Å². The van der Waals surface area contributed by atoms with Crippen molar-refractivity contribution in [2.45, 2.75) is 71.8 Å². The molecule has 0 radical (unpaired) electrons. The van der Waals surface area contributed by atoms with Gasteiger partial charge in [0.15, 0.2) is 24.7 Å². The SMILES string of the molecule is CC(CC1CCN(C(=O)c2ccc(C(F)(F)F)nc2S(=O)(=O)C2CC2)CC1)S(=O)(=O)c1cccc(C(F)(F)F)c1. The Morgan fingerprint density at radius 1 is 0.950 bits per heavy atom. The van der Waals surface area contributed by atoms with Crippen LogP contribution in [0.1, 0.15) is 60.6 Å². The number of nitrogens with zero attached hydrogens (tertiary/aromatic N) is 2. The Balaban J connectivity index is 1.46. The fourth-order valence-corrected chi connectivity index (χ4v) is 8.04. The van der Waals surface area contributed by atoms with E-state index in [1.54, 1.807) is 0 Å². The molecule has 15 heteroatoms. The van der Waals surface area contributed by atoms with Gasteiger partial charge in [0, 0.05) is 13.1 Å². The van der Waals surface area contributed by atoms with E-state index in [0.717, 1.165) is 24.3 Å². The minimum absolute atomic E-state index is 0.0871. The maximum atomic E-state index is 13.2. The molecule has 2 heterocycles. The van der Waals surface area contributed by atoms with Crippen molar-refractivity contribution < 1.29 is 48.0 Å². The lowest BCUT2D eigenvalue weighted by Crippen LogP contribution is -2.40. The lowest BCUT2D eigenvalue weighted by molar-refractivity contribution is -0.141. The molecule has 0 bridgehead atoms. The van der Waals surface area contributed by atoms with E-state index in [4.69, 9.17) is 0 Å². The molecule has 1 saturated carbocycles. The van der Waals surface area contributed by atoms with Gasteiger partial charge >= 0.3 is 12.4 Å². The average molecular weight is 613 g/mol. The fraction of sp³-hybridized carbons (Fsp3) is 0.520. The molecule has 1 amide bonds. The zero-order valence-corrected chi connectivity index (χ0v) is 22.8. The quantitative estimate of drug-likeness (QED) is 0.401. The van der Waals surface area contributed by atoms with Crippen molar-refractivity contribution in [3.05, 3.63) is 53.2 Å². The second kappa shape index (κ2) is 10.6. The van der Waals surface area contributed by atoms with E-state index in [0.29, 0.717) is 25.0 Å². The third-order valence-corrected chi connectivity index (χ3v) is 11.6. The van der Waals surface area contributed by atoms with Gasteiger partial charge in [0.2, 0.25) is 0 Å². The number of alkyl halides is 6. The van der Waals surface area contributed by atoms with Crippen molar-refractivity contribution >= 4 is 25.6 Å². The number of benzene rings is 1. The van der Waals surface area contributed by atoms with Crippen LogP contribution in [0.4, 0.5) is 26.3 Å². The van der Waals surface area contributed by atoms with Gasteiger partial charge in [-0.3, -0.25) is 4.79 Å². The maximum absolute atomic E-state index is 13.2. The van der Waals surface area contributed by atoms with E-state index >= 15 is 0 Å². The standard InChI is InChI=1S/C25H26F6N2O5S2/c1-15(39(35,36)19-4-2-3-17(14-19)24(26,27)28)13-16-9-11-33(12-10-16)23(34)20-7-8-21(25(29,30)31)32-22(20)40(37,38)18-5-6-18/h2-4,7-8,14-16,18H,5-6,9-13H2,1H3. The lowest BCUT2D eigenvalue weighted by atomic mass is 9.92. The molecule has 1 aromatic heterocycles. The predicted molar refractivity (Wildman–Crippen MR) is 131 cm³/mol. The summed E-state index contributed by atoms with van der Waals surface area (Å²) in [5.74, 6) is -0.997. The highest BCUT2D eigenvalue weighted by Crippen LogP contribution is 2.37. The van der Waals surface area contributed by atoms with Gasteiger partial charge in [-0.15, -0.1) is 0 Å². The molecule has 40 heavy (non-hydrogen) atoms. The van der Waals surface area contributed by atoms with Gasteiger partial charge < -0.3 is 4.90 Å². The van der Waals surface area contributed by atoms with Crippen molar-refractivity contribution in [1.29, 1.82) is 0 Å². The van der Waals surface area contributed by atoms with Crippen LogP contribution in [0.3, 0.4) is 0 Å². The summed E-state index contributed by atoms with van der Waals surface area (Å²) in [5.41, 5.74) is -2.94. The summed E-state index contributed by atoms with van der Waals surface area (Å²) in [6.07, 6.45) is -8.33. The minimum Gasteiger partial charge on any atom is -0.339 e. The van der Waals surface area contributed by atoms with E-state index in [9.17, 15) is 48.0 Å². The summed E-state index contributed by atoms with van der Waals surface area (Å²) in [5, 5.41) is -2.79. The molecule has 1 aromatic carbocycles. The van der Waals surface area contributed by atoms with Crippen LogP contribution in [0.2, 0.25) is 0 Å². The van der Waals surface area contributed by atoms with Crippen molar-refractivity contribution in [1.82, 2.24) is 9.88 Å². The number of pyridine rings is 1. The first-order valence-electron chi connectivity index (χ1n) is 12.4. The topological polar surface area (TPSA) is 101 Å². The number of hydrogen-bond acceptors (Lipinski definition) is 6. The van der Waals surface area contributed by atoms with Gasteiger partial charge in [-0.1, -0.05) is 6.07 Å². The Labute approximate surface area is 227 Å². The number of carbonyl (C=O) groups excluding carboxylic acids is 1. The average Bonchev–Trinajstić information content (AvgIpc) is 3.74. The minimum atomic E-state index is -4.90. The molecule has 7 nitrogen and oxygen atoms in total. The summed E-state index contributed by atoms with van der Waals surface area (Å²) in [6, 6.07) is 4.89. The Kier molecular flexibility index (Phi) is 8.04. The summed E-state index contributed by atoms with van der Waals surface area (Å²) >= 11 is 0. The van der Waals surface area contributed by atoms with E-state index in [2.05, 4.69) is 4.98 Å². The highest BCUT2D eigenvalue weighted by atomic mass is 32.2. The van der Waals surface area contributed by atoms with Gasteiger partial charge in [-0.05, 0) is 75.3 Å². The van der Waals surface area contributed by atoms with E-state index in [1.165, 1.54) is 11.8 Å². The molecule has 4 rings (SSSR count). The van der Waals surface area contributed by atoms with Crippen LogP contribution >= 0.6 is 0 Å². The van der Waals surface area contributed by atoms with Crippen LogP contribution in [-0.4, -0.2) is 56.2 Å². The molecule has 1 unspecified atom stereocenters. The molecule has 1 aliphatic heterocycles. The van der Waals surface area contributed by atoms with Crippen LogP contribution in [-0.2, 0) is 32.0 Å². The van der Waals surface area contributed by atoms with Gasteiger partial charge in [0.25, 0.3) is 5.91 Å². The number of halogens is 6. The Hall–Kier alpha value is -2.68. The summed E-state index contributed by atoms with van der Waals surface area (Å²) in [7, 11) is -8.32. The molecule has 0 N–H and O–H groups in total. The van der Waals surface area contributed by atoms with Crippen LogP contribution in [0.15, 0.2) is 46.3 Å². The fourth-order valence-electron chi connectivity index (χ4n) is 4.73. The van der Waals surface area contributed by atoms with Crippen molar-refractivity contribution in [2.75, 3.05) is 13.1 Å². The number of aromatic nitrogens is 1. The zero-order chi connectivity index (χ0) is 29.7. The number of sulfone groups is 2. The van der Waals surface area contributed by atoms with E-state index in [-0.39, 0.29) is 38.3 Å². The van der Waals surface area contributed by atoms with E-state index < -0.39 is 75.2 Å². The summed E-state index contributed by atoms with van der Waals surface area (Å²) < 4.78 is 130.